The van der Waals surface area contributed by atoms with Crippen molar-refractivity contribution in [3.63, 3.8) is 0 Å². The van der Waals surface area contributed by atoms with Crippen molar-refractivity contribution >= 4 is 28.6 Å². The molecule has 2 N–H and O–H groups in total. The van der Waals surface area contributed by atoms with Crippen molar-refractivity contribution in [3.8, 4) is 0 Å². The van der Waals surface area contributed by atoms with Crippen LogP contribution in [-0.4, -0.2) is 43.8 Å². The number of nitrogens with one attached hydrogen (secondary N) is 2. The fraction of sp³-hybridized carbons (Fsp3) is 0.412. The molecule has 8 nitrogen and oxygen atoms in total. The standard InChI is InChI=1S/C17H21N7O/c1-11(2)24-10-20-13-8-19-16(7-14(13)24)22-15-3-5-18-17(23-15)21-12-4-6-25-9-12/h3,5,7-8,10-12H,4,6,9H2,1-2H3,(H2,18,19,21,22,23)/t12-/m1/s1. The molecule has 0 amide bonds. The Morgan fingerprint density at radius 3 is 2.96 bits per heavy atom. The number of anilines is 3. The lowest BCUT2D eigenvalue weighted by molar-refractivity contribution is 0.195. The molecule has 0 bridgehead atoms. The first-order valence-electron chi connectivity index (χ1n) is 8.46. The minimum Gasteiger partial charge on any atom is -0.379 e. The highest BCUT2D eigenvalue weighted by Gasteiger charge is 2.16. The quantitative estimate of drug-likeness (QED) is 0.738. The van der Waals surface area contributed by atoms with E-state index in [1.165, 1.54) is 0 Å². The lowest BCUT2D eigenvalue weighted by Crippen LogP contribution is -2.20. The number of pyridine rings is 1. The van der Waals surface area contributed by atoms with Crippen LogP contribution >= 0.6 is 0 Å². The molecule has 0 radical (unpaired) electrons. The maximum atomic E-state index is 5.37. The Morgan fingerprint density at radius 1 is 1.24 bits per heavy atom. The molecule has 1 fully saturated rings. The maximum Gasteiger partial charge on any atom is 0.224 e. The lowest BCUT2D eigenvalue weighted by Gasteiger charge is -2.12. The second kappa shape index (κ2) is 6.64. The summed E-state index contributed by atoms with van der Waals surface area (Å²) in [6, 6.07) is 4.42. The topological polar surface area (TPSA) is 89.8 Å². The predicted molar refractivity (Wildman–Crippen MR) is 96.1 cm³/mol. The number of rotatable bonds is 5. The maximum absolute atomic E-state index is 5.37. The molecule has 8 heteroatoms. The molecule has 1 aliphatic heterocycles. The lowest BCUT2D eigenvalue weighted by atomic mass is 10.3. The third-order valence-electron chi connectivity index (χ3n) is 4.19. The number of nitrogens with zero attached hydrogens (tertiary/aromatic N) is 5. The minimum absolute atomic E-state index is 0.269. The van der Waals surface area contributed by atoms with Crippen LogP contribution in [0, 0.1) is 0 Å². The molecule has 1 aliphatic rings. The molecule has 0 aromatic carbocycles. The Labute approximate surface area is 145 Å². The summed E-state index contributed by atoms with van der Waals surface area (Å²) in [5, 5.41) is 6.54. The summed E-state index contributed by atoms with van der Waals surface area (Å²) in [7, 11) is 0. The van der Waals surface area contributed by atoms with Gasteiger partial charge in [0.2, 0.25) is 5.95 Å². The van der Waals surface area contributed by atoms with E-state index < -0.39 is 0 Å². The smallest absolute Gasteiger partial charge is 0.224 e. The first-order chi connectivity index (χ1) is 12.2. The van der Waals surface area contributed by atoms with Crippen molar-refractivity contribution < 1.29 is 4.74 Å². The highest BCUT2D eigenvalue weighted by molar-refractivity contribution is 5.78. The molecule has 0 unspecified atom stereocenters. The van der Waals surface area contributed by atoms with Crippen LogP contribution in [0.2, 0.25) is 0 Å². The molecule has 4 heterocycles. The number of ether oxygens (including phenoxy) is 1. The Bertz CT molecular complexity index is 870. The van der Waals surface area contributed by atoms with Crippen LogP contribution in [0.15, 0.2) is 30.9 Å². The van der Waals surface area contributed by atoms with Gasteiger partial charge in [0.1, 0.15) is 17.2 Å². The van der Waals surface area contributed by atoms with E-state index in [-0.39, 0.29) is 6.04 Å². The van der Waals surface area contributed by atoms with E-state index in [1.807, 2.05) is 18.5 Å². The van der Waals surface area contributed by atoms with Crippen molar-refractivity contribution in [1.29, 1.82) is 0 Å². The third-order valence-corrected chi connectivity index (χ3v) is 4.19. The fourth-order valence-electron chi connectivity index (χ4n) is 2.87. The van der Waals surface area contributed by atoms with Gasteiger partial charge in [0.15, 0.2) is 0 Å². The molecule has 0 aliphatic carbocycles. The van der Waals surface area contributed by atoms with Gasteiger partial charge in [0.05, 0.1) is 30.7 Å². The van der Waals surface area contributed by atoms with Crippen molar-refractivity contribution in [2.24, 2.45) is 0 Å². The normalized spacial score (nSPS) is 17.3. The molecule has 3 aromatic heterocycles. The Kier molecular flexibility index (Phi) is 4.19. The summed E-state index contributed by atoms with van der Waals surface area (Å²) in [6.07, 6.45) is 6.31. The van der Waals surface area contributed by atoms with Gasteiger partial charge in [-0.2, -0.15) is 4.98 Å². The molecule has 3 aromatic rings. The van der Waals surface area contributed by atoms with Crippen molar-refractivity contribution in [2.75, 3.05) is 23.8 Å². The summed E-state index contributed by atoms with van der Waals surface area (Å²) in [5.74, 6) is 2.01. The van der Waals surface area contributed by atoms with Gasteiger partial charge in [-0.25, -0.2) is 15.0 Å². The van der Waals surface area contributed by atoms with E-state index in [4.69, 9.17) is 4.74 Å². The molecular weight excluding hydrogens is 318 g/mol. The van der Waals surface area contributed by atoms with Gasteiger partial charge in [0.25, 0.3) is 0 Å². The highest BCUT2D eigenvalue weighted by Crippen LogP contribution is 2.21. The largest absolute Gasteiger partial charge is 0.379 e. The second-order valence-electron chi connectivity index (χ2n) is 6.40. The van der Waals surface area contributed by atoms with E-state index in [2.05, 4.69) is 49.0 Å². The van der Waals surface area contributed by atoms with Crippen molar-refractivity contribution in [2.45, 2.75) is 32.4 Å². The van der Waals surface area contributed by atoms with Crippen LogP contribution in [0.25, 0.3) is 11.0 Å². The first-order valence-corrected chi connectivity index (χ1v) is 8.46. The van der Waals surface area contributed by atoms with Gasteiger partial charge in [0, 0.05) is 24.9 Å². The summed E-state index contributed by atoms with van der Waals surface area (Å²) < 4.78 is 7.49. The highest BCUT2D eigenvalue weighted by atomic mass is 16.5. The molecule has 0 saturated carbocycles. The summed E-state index contributed by atoms with van der Waals surface area (Å²) in [5.41, 5.74) is 1.92. The van der Waals surface area contributed by atoms with E-state index in [0.29, 0.717) is 24.4 Å². The number of fused-ring (bicyclic) bond motifs is 1. The minimum atomic E-state index is 0.269. The SMILES string of the molecule is CC(C)n1cnc2cnc(Nc3ccnc(N[C@@H]4CCOC4)n3)cc21. The van der Waals surface area contributed by atoms with Crippen molar-refractivity contribution in [1.82, 2.24) is 24.5 Å². The van der Waals surface area contributed by atoms with Crippen LogP contribution in [0.3, 0.4) is 0 Å². The van der Waals surface area contributed by atoms with E-state index in [1.54, 1.807) is 12.4 Å². The monoisotopic (exact) mass is 339 g/mol. The average Bonchev–Trinajstić information content (AvgIpc) is 3.24. The van der Waals surface area contributed by atoms with Crippen LogP contribution in [0.5, 0.6) is 0 Å². The fourth-order valence-corrected chi connectivity index (χ4v) is 2.87. The predicted octanol–water partition coefficient (Wildman–Crippen LogP) is 2.75. The third kappa shape index (κ3) is 3.39. The van der Waals surface area contributed by atoms with E-state index >= 15 is 0 Å². The summed E-state index contributed by atoms with van der Waals surface area (Å²) in [4.78, 5) is 17.6. The van der Waals surface area contributed by atoms with Gasteiger partial charge < -0.3 is 19.9 Å². The number of hydrogen-bond donors (Lipinski definition) is 2. The van der Waals surface area contributed by atoms with Gasteiger partial charge in [-0.3, -0.25) is 0 Å². The van der Waals surface area contributed by atoms with Crippen LogP contribution < -0.4 is 10.6 Å². The Balaban J connectivity index is 1.55. The van der Waals surface area contributed by atoms with Crippen LogP contribution in [0.4, 0.5) is 17.6 Å². The molecular formula is C17H21N7O. The zero-order valence-electron chi connectivity index (χ0n) is 14.3. The number of aromatic nitrogens is 5. The average molecular weight is 339 g/mol. The van der Waals surface area contributed by atoms with E-state index in [9.17, 15) is 0 Å². The first kappa shape index (κ1) is 15.8. The molecule has 1 saturated heterocycles. The van der Waals surface area contributed by atoms with Crippen LogP contribution in [-0.2, 0) is 4.74 Å². The Morgan fingerprint density at radius 2 is 2.16 bits per heavy atom. The zero-order chi connectivity index (χ0) is 17.2. The molecule has 1 atom stereocenters. The van der Waals surface area contributed by atoms with Gasteiger partial charge >= 0.3 is 0 Å². The molecule has 25 heavy (non-hydrogen) atoms. The Hall–Kier alpha value is -2.74. The van der Waals surface area contributed by atoms with Gasteiger partial charge in [-0.15, -0.1) is 0 Å². The van der Waals surface area contributed by atoms with E-state index in [0.717, 1.165) is 29.9 Å². The molecule has 0 spiro atoms. The molecule has 4 rings (SSSR count). The second-order valence-corrected chi connectivity index (χ2v) is 6.40. The summed E-state index contributed by atoms with van der Waals surface area (Å²) in [6.45, 7) is 5.73. The summed E-state index contributed by atoms with van der Waals surface area (Å²) >= 11 is 0. The van der Waals surface area contributed by atoms with Crippen molar-refractivity contribution in [3.05, 3.63) is 30.9 Å². The molecule has 130 valence electrons. The number of imidazole rings is 1. The zero-order valence-corrected chi connectivity index (χ0v) is 14.3. The van der Waals surface area contributed by atoms with Gasteiger partial charge in [-0.1, -0.05) is 0 Å². The van der Waals surface area contributed by atoms with Gasteiger partial charge in [-0.05, 0) is 26.3 Å². The van der Waals surface area contributed by atoms with Crippen LogP contribution in [0.1, 0.15) is 26.3 Å². The number of hydrogen-bond acceptors (Lipinski definition) is 7.